The summed E-state index contributed by atoms with van der Waals surface area (Å²) in [5, 5.41) is 6.32. The van der Waals surface area contributed by atoms with Crippen LogP contribution >= 0.6 is 0 Å². The van der Waals surface area contributed by atoms with Crippen molar-refractivity contribution in [1.82, 2.24) is 5.32 Å². The van der Waals surface area contributed by atoms with Gasteiger partial charge in [0.25, 0.3) is 0 Å². The summed E-state index contributed by atoms with van der Waals surface area (Å²) in [6.07, 6.45) is 2.29. The van der Waals surface area contributed by atoms with Crippen LogP contribution in [-0.2, 0) is 4.79 Å². The predicted molar refractivity (Wildman–Crippen MR) is 58.8 cm³/mol. The molecule has 3 nitrogen and oxygen atoms in total. The smallest absolute Gasteiger partial charge is 0.229 e. The monoisotopic (exact) mass is 202 g/mol. The van der Waals surface area contributed by atoms with Gasteiger partial charge in [-0.2, -0.15) is 0 Å². The summed E-state index contributed by atoms with van der Waals surface area (Å²) < 4.78 is 0. The SMILES string of the molecule is O=C(NC1CC1)C1CNc2ccccc21. The Morgan fingerprint density at radius 1 is 1.33 bits per heavy atom. The number of hydrogen-bond acceptors (Lipinski definition) is 2. The van der Waals surface area contributed by atoms with Crippen LogP contribution in [0.25, 0.3) is 0 Å². The van der Waals surface area contributed by atoms with E-state index in [1.165, 1.54) is 0 Å². The van der Waals surface area contributed by atoms with Crippen LogP contribution in [0.4, 0.5) is 5.69 Å². The molecule has 1 aliphatic carbocycles. The van der Waals surface area contributed by atoms with Crippen LogP contribution in [0.1, 0.15) is 24.3 Å². The molecular weight excluding hydrogens is 188 g/mol. The molecule has 0 radical (unpaired) electrons. The molecule has 0 spiro atoms. The standard InChI is InChI=1S/C12H14N2O/c15-12(14-8-5-6-8)10-7-13-11-4-2-1-3-9(10)11/h1-4,8,10,13H,5-7H2,(H,14,15). The molecule has 1 fully saturated rings. The zero-order valence-electron chi connectivity index (χ0n) is 8.49. The molecule has 0 saturated heterocycles. The molecule has 2 aliphatic rings. The molecule has 1 aliphatic heterocycles. The van der Waals surface area contributed by atoms with E-state index in [4.69, 9.17) is 0 Å². The van der Waals surface area contributed by atoms with Crippen molar-refractivity contribution in [3.8, 4) is 0 Å². The highest BCUT2D eigenvalue weighted by Crippen LogP contribution is 2.31. The van der Waals surface area contributed by atoms with Gasteiger partial charge < -0.3 is 10.6 Å². The molecule has 15 heavy (non-hydrogen) atoms. The molecule has 1 aromatic carbocycles. The quantitative estimate of drug-likeness (QED) is 0.762. The first-order chi connectivity index (χ1) is 7.34. The van der Waals surface area contributed by atoms with Gasteiger partial charge in [-0.15, -0.1) is 0 Å². The third-order valence-electron chi connectivity index (χ3n) is 3.07. The van der Waals surface area contributed by atoms with Gasteiger partial charge in [0, 0.05) is 18.3 Å². The zero-order chi connectivity index (χ0) is 10.3. The van der Waals surface area contributed by atoms with E-state index in [1.807, 2.05) is 24.3 Å². The van der Waals surface area contributed by atoms with Crippen LogP contribution in [-0.4, -0.2) is 18.5 Å². The van der Waals surface area contributed by atoms with Crippen LogP contribution in [0.5, 0.6) is 0 Å². The highest BCUT2D eigenvalue weighted by Gasteiger charge is 2.31. The lowest BCUT2D eigenvalue weighted by Crippen LogP contribution is -2.31. The Bertz CT molecular complexity index is 398. The number of carbonyl (C=O) groups excluding carboxylic acids is 1. The zero-order valence-corrected chi connectivity index (χ0v) is 8.49. The van der Waals surface area contributed by atoms with Gasteiger partial charge in [-0.25, -0.2) is 0 Å². The Kier molecular flexibility index (Phi) is 1.91. The first-order valence-corrected chi connectivity index (χ1v) is 5.48. The van der Waals surface area contributed by atoms with Gasteiger partial charge in [0.2, 0.25) is 5.91 Å². The van der Waals surface area contributed by atoms with E-state index in [2.05, 4.69) is 10.6 Å². The first kappa shape index (κ1) is 8.77. The summed E-state index contributed by atoms with van der Waals surface area (Å²) in [5.74, 6) is 0.178. The van der Waals surface area contributed by atoms with Gasteiger partial charge in [-0.05, 0) is 24.5 Å². The van der Waals surface area contributed by atoms with Crippen molar-refractivity contribution in [3.05, 3.63) is 29.8 Å². The normalized spacial score (nSPS) is 23.1. The molecule has 2 N–H and O–H groups in total. The molecule has 3 heteroatoms. The maximum absolute atomic E-state index is 11.9. The van der Waals surface area contributed by atoms with Crippen molar-refractivity contribution >= 4 is 11.6 Å². The molecule has 1 atom stereocenters. The van der Waals surface area contributed by atoms with Crippen LogP contribution in [0.15, 0.2) is 24.3 Å². The molecule has 3 rings (SSSR count). The largest absolute Gasteiger partial charge is 0.384 e. The fourth-order valence-electron chi connectivity index (χ4n) is 2.05. The second-order valence-corrected chi connectivity index (χ2v) is 4.30. The molecule has 1 aromatic rings. The third-order valence-corrected chi connectivity index (χ3v) is 3.07. The summed E-state index contributed by atoms with van der Waals surface area (Å²) in [5.41, 5.74) is 2.24. The molecule has 1 amide bonds. The van der Waals surface area contributed by atoms with Crippen LogP contribution in [0.3, 0.4) is 0 Å². The number of nitrogens with one attached hydrogen (secondary N) is 2. The second-order valence-electron chi connectivity index (χ2n) is 4.30. The number of rotatable bonds is 2. The van der Waals surface area contributed by atoms with E-state index in [0.717, 1.165) is 30.6 Å². The Hall–Kier alpha value is -1.51. The minimum atomic E-state index is 0.00167. The van der Waals surface area contributed by atoms with Crippen LogP contribution in [0, 0.1) is 0 Å². The first-order valence-electron chi connectivity index (χ1n) is 5.48. The highest BCUT2D eigenvalue weighted by molar-refractivity contribution is 5.88. The van der Waals surface area contributed by atoms with Crippen LogP contribution in [0.2, 0.25) is 0 Å². The number of anilines is 1. The molecule has 0 bridgehead atoms. The molecule has 1 unspecified atom stereocenters. The summed E-state index contributed by atoms with van der Waals surface area (Å²) in [4.78, 5) is 11.9. The number of amides is 1. The second kappa shape index (κ2) is 3.26. The predicted octanol–water partition coefficient (Wildman–Crippen LogP) is 1.47. The lowest BCUT2D eigenvalue weighted by atomic mass is 10.0. The lowest BCUT2D eigenvalue weighted by Gasteiger charge is -2.10. The van der Waals surface area contributed by atoms with E-state index in [1.54, 1.807) is 0 Å². The highest BCUT2D eigenvalue weighted by atomic mass is 16.2. The molecule has 1 saturated carbocycles. The Labute approximate surface area is 88.9 Å². The van der Waals surface area contributed by atoms with Gasteiger partial charge in [0.05, 0.1) is 5.92 Å². The molecular formula is C12H14N2O. The number of fused-ring (bicyclic) bond motifs is 1. The molecule has 0 aromatic heterocycles. The van der Waals surface area contributed by atoms with Gasteiger partial charge in [-0.3, -0.25) is 4.79 Å². The van der Waals surface area contributed by atoms with Crippen molar-refractivity contribution < 1.29 is 4.79 Å². The van der Waals surface area contributed by atoms with E-state index in [9.17, 15) is 4.79 Å². The summed E-state index contributed by atoms with van der Waals surface area (Å²) in [6.45, 7) is 0.734. The van der Waals surface area contributed by atoms with Gasteiger partial charge in [0.15, 0.2) is 0 Å². The average Bonchev–Trinajstić information content (AvgIpc) is 2.96. The fourth-order valence-corrected chi connectivity index (χ4v) is 2.05. The van der Waals surface area contributed by atoms with E-state index in [0.29, 0.717) is 6.04 Å². The number of carbonyl (C=O) groups is 1. The topological polar surface area (TPSA) is 41.1 Å². The van der Waals surface area contributed by atoms with Crippen molar-refractivity contribution in [2.75, 3.05) is 11.9 Å². The average molecular weight is 202 g/mol. The Morgan fingerprint density at radius 3 is 2.93 bits per heavy atom. The number of benzene rings is 1. The summed E-state index contributed by atoms with van der Waals surface area (Å²) in [6, 6.07) is 8.49. The maximum Gasteiger partial charge on any atom is 0.229 e. The van der Waals surface area contributed by atoms with E-state index < -0.39 is 0 Å². The van der Waals surface area contributed by atoms with Gasteiger partial charge in [0.1, 0.15) is 0 Å². The summed E-state index contributed by atoms with van der Waals surface area (Å²) >= 11 is 0. The maximum atomic E-state index is 11.9. The Balaban J connectivity index is 1.80. The van der Waals surface area contributed by atoms with E-state index >= 15 is 0 Å². The number of para-hydroxylation sites is 1. The van der Waals surface area contributed by atoms with Crippen molar-refractivity contribution in [2.24, 2.45) is 0 Å². The van der Waals surface area contributed by atoms with Crippen molar-refractivity contribution in [2.45, 2.75) is 24.8 Å². The fraction of sp³-hybridized carbons (Fsp3) is 0.417. The van der Waals surface area contributed by atoms with Crippen LogP contribution < -0.4 is 10.6 Å². The minimum Gasteiger partial charge on any atom is -0.384 e. The lowest BCUT2D eigenvalue weighted by molar-refractivity contribution is -0.122. The number of hydrogen-bond donors (Lipinski definition) is 2. The van der Waals surface area contributed by atoms with Crippen molar-refractivity contribution in [3.63, 3.8) is 0 Å². The van der Waals surface area contributed by atoms with Crippen molar-refractivity contribution in [1.29, 1.82) is 0 Å². The van der Waals surface area contributed by atoms with E-state index in [-0.39, 0.29) is 11.8 Å². The van der Waals surface area contributed by atoms with Gasteiger partial charge >= 0.3 is 0 Å². The summed E-state index contributed by atoms with van der Waals surface area (Å²) in [7, 11) is 0. The molecule has 78 valence electrons. The third kappa shape index (κ3) is 1.58. The minimum absolute atomic E-state index is 0.00167. The molecule has 1 heterocycles. The van der Waals surface area contributed by atoms with Gasteiger partial charge in [-0.1, -0.05) is 18.2 Å². The Morgan fingerprint density at radius 2 is 2.13 bits per heavy atom.